The summed E-state index contributed by atoms with van der Waals surface area (Å²) in [4.78, 5) is 15.6. The summed E-state index contributed by atoms with van der Waals surface area (Å²) < 4.78 is 10.2. The molecule has 2 aromatic rings. The predicted octanol–water partition coefficient (Wildman–Crippen LogP) is 3.43. The van der Waals surface area contributed by atoms with Gasteiger partial charge in [-0.3, -0.25) is 9.78 Å². The van der Waals surface area contributed by atoms with Crippen molar-refractivity contribution in [1.82, 2.24) is 4.98 Å². The minimum absolute atomic E-state index is 0.211. The number of ether oxygens (including phenoxy) is 2. The Labute approximate surface area is 131 Å². The highest BCUT2D eigenvalue weighted by Gasteiger charge is 2.12. The normalized spacial score (nSPS) is 10.3. The number of pyridine rings is 1. The van der Waals surface area contributed by atoms with Gasteiger partial charge in [-0.2, -0.15) is 0 Å². The minimum Gasteiger partial charge on any atom is -0.496 e. The Bertz CT molecular complexity index is 630. The fraction of sp³-hybridized carbons (Fsp3) is 0.333. The fourth-order valence-corrected chi connectivity index (χ4v) is 2.48. The summed E-state index contributed by atoms with van der Waals surface area (Å²) >= 11 is 0. The van der Waals surface area contributed by atoms with Gasteiger partial charge >= 0.3 is 5.97 Å². The van der Waals surface area contributed by atoms with Crippen LogP contribution in [0, 0.1) is 0 Å². The van der Waals surface area contributed by atoms with Gasteiger partial charge in [0.25, 0.3) is 0 Å². The molecule has 0 atom stereocenters. The second-order valence-electron chi connectivity index (χ2n) is 5.01. The Balaban J connectivity index is 2.35. The van der Waals surface area contributed by atoms with Gasteiger partial charge in [0, 0.05) is 29.9 Å². The first kappa shape index (κ1) is 16.0. The summed E-state index contributed by atoms with van der Waals surface area (Å²) in [5.74, 6) is 0.628. The van der Waals surface area contributed by atoms with Crippen molar-refractivity contribution in [1.29, 1.82) is 0 Å². The van der Waals surface area contributed by atoms with Gasteiger partial charge in [0.05, 0.1) is 14.2 Å². The fourth-order valence-electron chi connectivity index (χ4n) is 2.48. The molecule has 1 heterocycles. The van der Waals surface area contributed by atoms with Crippen LogP contribution in [0.3, 0.4) is 0 Å². The van der Waals surface area contributed by atoms with Crippen molar-refractivity contribution in [2.24, 2.45) is 0 Å². The Hall–Kier alpha value is -2.36. The lowest BCUT2D eigenvalue weighted by Crippen LogP contribution is -2.02. The highest BCUT2D eigenvalue weighted by atomic mass is 16.5. The van der Waals surface area contributed by atoms with E-state index >= 15 is 0 Å². The summed E-state index contributed by atoms with van der Waals surface area (Å²) in [5, 5.41) is 0. The van der Waals surface area contributed by atoms with Crippen LogP contribution in [-0.4, -0.2) is 25.2 Å². The van der Waals surface area contributed by atoms with Crippen LogP contribution in [0.15, 0.2) is 36.7 Å². The molecule has 0 aliphatic carbocycles. The zero-order chi connectivity index (χ0) is 15.9. The summed E-state index contributed by atoms with van der Waals surface area (Å²) in [6.45, 7) is 2.12. The van der Waals surface area contributed by atoms with E-state index in [-0.39, 0.29) is 5.97 Å². The maximum Gasteiger partial charge on any atom is 0.305 e. The van der Waals surface area contributed by atoms with Crippen molar-refractivity contribution in [2.75, 3.05) is 14.2 Å². The maximum atomic E-state index is 11.3. The number of aromatic nitrogens is 1. The number of rotatable bonds is 6. The van der Waals surface area contributed by atoms with Gasteiger partial charge < -0.3 is 9.47 Å². The summed E-state index contributed by atoms with van der Waals surface area (Å²) in [6.07, 6.45) is 5.50. The third kappa shape index (κ3) is 3.64. The molecule has 2 rings (SSSR count). The molecule has 0 spiro atoms. The number of hydrogen-bond donors (Lipinski definition) is 0. The Kier molecular flexibility index (Phi) is 5.53. The van der Waals surface area contributed by atoms with E-state index in [9.17, 15) is 4.79 Å². The number of aryl methyl sites for hydroxylation is 2. The molecule has 1 aromatic heterocycles. The molecule has 0 fully saturated rings. The van der Waals surface area contributed by atoms with E-state index in [0.717, 1.165) is 28.9 Å². The third-order valence-corrected chi connectivity index (χ3v) is 3.64. The van der Waals surface area contributed by atoms with E-state index in [4.69, 9.17) is 4.74 Å². The van der Waals surface area contributed by atoms with E-state index in [1.165, 1.54) is 12.7 Å². The Morgan fingerprint density at radius 1 is 1.23 bits per heavy atom. The molecular weight excluding hydrogens is 278 g/mol. The van der Waals surface area contributed by atoms with Crippen molar-refractivity contribution >= 4 is 5.97 Å². The van der Waals surface area contributed by atoms with Crippen molar-refractivity contribution in [3.63, 3.8) is 0 Å². The lowest BCUT2D eigenvalue weighted by molar-refractivity contribution is -0.140. The first-order valence-electron chi connectivity index (χ1n) is 7.36. The van der Waals surface area contributed by atoms with Crippen molar-refractivity contribution in [3.05, 3.63) is 47.8 Å². The minimum atomic E-state index is -0.211. The SMILES string of the molecule is CCc1cccc(OC)c1-c1cncc(CCC(=O)OC)c1. The molecule has 0 bridgehead atoms. The smallest absolute Gasteiger partial charge is 0.305 e. The Morgan fingerprint density at radius 3 is 2.73 bits per heavy atom. The zero-order valence-corrected chi connectivity index (χ0v) is 13.3. The van der Waals surface area contributed by atoms with Crippen LogP contribution in [0.4, 0.5) is 0 Å². The average molecular weight is 299 g/mol. The molecule has 0 aliphatic heterocycles. The maximum absolute atomic E-state index is 11.3. The number of hydrogen-bond acceptors (Lipinski definition) is 4. The van der Waals surface area contributed by atoms with Gasteiger partial charge in [0.2, 0.25) is 0 Å². The topological polar surface area (TPSA) is 48.4 Å². The van der Waals surface area contributed by atoms with Gasteiger partial charge in [-0.15, -0.1) is 0 Å². The van der Waals surface area contributed by atoms with E-state index in [2.05, 4.69) is 28.8 Å². The molecule has 4 heteroatoms. The van der Waals surface area contributed by atoms with E-state index in [0.29, 0.717) is 12.8 Å². The van der Waals surface area contributed by atoms with E-state index in [1.54, 1.807) is 13.3 Å². The molecule has 4 nitrogen and oxygen atoms in total. The number of benzene rings is 1. The van der Waals surface area contributed by atoms with Crippen LogP contribution in [0.2, 0.25) is 0 Å². The highest BCUT2D eigenvalue weighted by molar-refractivity contribution is 5.74. The molecule has 0 radical (unpaired) electrons. The van der Waals surface area contributed by atoms with Crippen molar-refractivity contribution < 1.29 is 14.3 Å². The molecular formula is C18H21NO3. The largest absolute Gasteiger partial charge is 0.496 e. The molecule has 22 heavy (non-hydrogen) atoms. The molecule has 0 unspecified atom stereocenters. The van der Waals surface area contributed by atoms with Crippen LogP contribution >= 0.6 is 0 Å². The summed E-state index contributed by atoms with van der Waals surface area (Å²) in [6, 6.07) is 8.11. The van der Waals surface area contributed by atoms with Gasteiger partial charge in [-0.05, 0) is 36.1 Å². The monoisotopic (exact) mass is 299 g/mol. The summed E-state index contributed by atoms with van der Waals surface area (Å²) in [7, 11) is 3.08. The third-order valence-electron chi connectivity index (χ3n) is 3.64. The Morgan fingerprint density at radius 2 is 2.05 bits per heavy atom. The summed E-state index contributed by atoms with van der Waals surface area (Å²) in [5.41, 5.74) is 4.30. The molecule has 0 aliphatic rings. The van der Waals surface area contributed by atoms with Crippen LogP contribution < -0.4 is 4.74 Å². The van der Waals surface area contributed by atoms with Gasteiger partial charge in [-0.1, -0.05) is 19.1 Å². The quantitative estimate of drug-likeness (QED) is 0.767. The molecule has 0 saturated heterocycles. The molecule has 0 saturated carbocycles. The van der Waals surface area contributed by atoms with Gasteiger partial charge in [-0.25, -0.2) is 0 Å². The average Bonchev–Trinajstić information content (AvgIpc) is 2.58. The van der Waals surface area contributed by atoms with Crippen molar-refractivity contribution in [2.45, 2.75) is 26.2 Å². The second kappa shape index (κ2) is 7.59. The number of carbonyl (C=O) groups is 1. The lowest BCUT2D eigenvalue weighted by atomic mass is 9.96. The zero-order valence-electron chi connectivity index (χ0n) is 13.3. The molecule has 0 amide bonds. The van der Waals surface area contributed by atoms with Crippen LogP contribution in [0.1, 0.15) is 24.5 Å². The number of nitrogens with zero attached hydrogens (tertiary/aromatic N) is 1. The number of esters is 1. The first-order valence-corrected chi connectivity index (χ1v) is 7.36. The molecule has 116 valence electrons. The first-order chi connectivity index (χ1) is 10.7. The van der Waals surface area contributed by atoms with Gasteiger partial charge in [0.15, 0.2) is 0 Å². The lowest BCUT2D eigenvalue weighted by Gasteiger charge is -2.13. The molecule has 0 N–H and O–H groups in total. The van der Waals surface area contributed by atoms with E-state index < -0.39 is 0 Å². The standard InChI is InChI=1S/C18H21NO3/c1-4-14-6-5-7-16(21-2)18(14)15-10-13(11-19-12-15)8-9-17(20)22-3/h5-7,10-12H,4,8-9H2,1-3H3. The van der Waals surface area contributed by atoms with Gasteiger partial charge in [0.1, 0.15) is 5.75 Å². The van der Waals surface area contributed by atoms with Crippen molar-refractivity contribution in [3.8, 4) is 16.9 Å². The number of methoxy groups -OCH3 is 2. The van der Waals surface area contributed by atoms with Crippen LogP contribution in [0.25, 0.3) is 11.1 Å². The number of carbonyl (C=O) groups excluding carboxylic acids is 1. The molecule has 1 aromatic carbocycles. The second-order valence-corrected chi connectivity index (χ2v) is 5.01. The van der Waals surface area contributed by atoms with Crippen LogP contribution in [-0.2, 0) is 22.4 Å². The van der Waals surface area contributed by atoms with Crippen LogP contribution in [0.5, 0.6) is 5.75 Å². The van der Waals surface area contributed by atoms with E-state index in [1.807, 2.05) is 18.3 Å². The highest BCUT2D eigenvalue weighted by Crippen LogP contribution is 2.33. The predicted molar refractivity (Wildman–Crippen MR) is 85.9 cm³/mol.